The van der Waals surface area contributed by atoms with E-state index in [1.807, 2.05) is 0 Å². The van der Waals surface area contributed by atoms with Crippen molar-refractivity contribution in [3.8, 4) is 0 Å². The quantitative estimate of drug-likeness (QED) is 0.500. The standard InChI is InChI=1S/C5H9FO2S2/c6-2-1-3-10(8)4-5(7)9/h1-4H2,(H,7,9). The second-order valence-electron chi connectivity index (χ2n) is 1.72. The van der Waals surface area contributed by atoms with E-state index in [-0.39, 0.29) is 17.9 Å². The van der Waals surface area contributed by atoms with Gasteiger partial charge in [0.05, 0.1) is 6.67 Å². The minimum absolute atomic E-state index is 0.0664. The Morgan fingerprint density at radius 3 is 2.70 bits per heavy atom. The van der Waals surface area contributed by atoms with Crippen molar-refractivity contribution in [3.63, 3.8) is 0 Å². The van der Waals surface area contributed by atoms with Crippen LogP contribution in [0.3, 0.4) is 0 Å². The first-order chi connectivity index (χ1) is 4.66. The summed E-state index contributed by atoms with van der Waals surface area (Å²) in [6.07, 6.45) is 0.258. The lowest BCUT2D eigenvalue weighted by atomic mass is 10.6. The van der Waals surface area contributed by atoms with Crippen molar-refractivity contribution in [2.24, 2.45) is 0 Å². The Kier molecular flexibility index (Phi) is 6.16. The molecule has 0 aromatic carbocycles. The predicted molar refractivity (Wildman–Crippen MR) is 42.5 cm³/mol. The van der Waals surface area contributed by atoms with Crippen LogP contribution in [0.25, 0.3) is 0 Å². The van der Waals surface area contributed by atoms with Gasteiger partial charge in [-0.15, -0.1) is 12.6 Å². The van der Waals surface area contributed by atoms with Crippen molar-refractivity contribution < 1.29 is 13.7 Å². The van der Waals surface area contributed by atoms with Crippen molar-refractivity contribution in [3.05, 3.63) is 0 Å². The topological polar surface area (TPSA) is 40.1 Å². The summed E-state index contributed by atoms with van der Waals surface area (Å²) in [5, 5.41) is -0.405. The molecule has 5 heteroatoms. The average Bonchev–Trinajstić information content (AvgIpc) is 1.82. The van der Waals surface area contributed by atoms with Gasteiger partial charge in [0.15, 0.2) is 5.75 Å². The van der Waals surface area contributed by atoms with Crippen LogP contribution in [0.1, 0.15) is 6.42 Å². The molecular formula is C5H9FO2S2. The maximum atomic E-state index is 11.5. The molecule has 0 fully saturated rings. The number of hydrogen-bond acceptors (Lipinski definition) is 2. The Bertz CT molecular complexity index is 110. The molecule has 0 aromatic rings. The molecule has 0 saturated heterocycles. The number of alkyl halides is 1. The monoisotopic (exact) mass is 184 g/mol. The van der Waals surface area contributed by atoms with Crippen LogP contribution in [0.4, 0.5) is 4.39 Å². The highest BCUT2D eigenvalue weighted by Gasteiger charge is 2.08. The molecule has 0 rings (SSSR count). The fourth-order valence-corrected chi connectivity index (χ4v) is 1.71. The van der Waals surface area contributed by atoms with Crippen LogP contribution < -0.4 is 0 Å². The second-order valence-corrected chi connectivity index (χ2v) is 3.80. The summed E-state index contributed by atoms with van der Waals surface area (Å²) in [5.41, 5.74) is 0. The van der Waals surface area contributed by atoms with Gasteiger partial charge in [-0.05, 0) is 11.2 Å². The van der Waals surface area contributed by atoms with Crippen LogP contribution in [0.2, 0.25) is 0 Å². The zero-order chi connectivity index (χ0) is 7.98. The number of halogens is 1. The molecule has 0 N–H and O–H groups in total. The molecular weight excluding hydrogens is 175 g/mol. The molecule has 0 amide bonds. The van der Waals surface area contributed by atoms with Crippen LogP contribution in [0.5, 0.6) is 0 Å². The first-order valence-corrected chi connectivity index (χ1v) is 4.73. The van der Waals surface area contributed by atoms with E-state index in [0.717, 1.165) is 0 Å². The third kappa shape index (κ3) is 6.38. The number of rotatable bonds is 5. The minimum atomic E-state index is -1.22. The zero-order valence-corrected chi connectivity index (χ0v) is 7.09. The van der Waals surface area contributed by atoms with Gasteiger partial charge in [-0.25, -0.2) is 0 Å². The fourth-order valence-electron chi connectivity index (χ4n) is 0.425. The summed E-state index contributed by atoms with van der Waals surface area (Å²) in [5.74, 6) is 0.186. The summed E-state index contributed by atoms with van der Waals surface area (Å²) in [6.45, 7) is -0.480. The Morgan fingerprint density at radius 1 is 1.70 bits per heavy atom. The largest absolute Gasteiger partial charge is 0.616 e. The summed E-state index contributed by atoms with van der Waals surface area (Å²) in [7, 11) is 0. The van der Waals surface area contributed by atoms with Gasteiger partial charge in [-0.1, -0.05) is 0 Å². The summed E-state index contributed by atoms with van der Waals surface area (Å²) in [4.78, 5) is 10.2. The molecule has 0 bridgehead atoms. The minimum Gasteiger partial charge on any atom is -0.616 e. The molecule has 2 nitrogen and oxygen atoms in total. The molecule has 0 heterocycles. The third-order valence-corrected chi connectivity index (χ3v) is 2.49. The zero-order valence-electron chi connectivity index (χ0n) is 5.38. The molecule has 0 aliphatic heterocycles. The van der Waals surface area contributed by atoms with Crippen molar-refractivity contribution in [1.82, 2.24) is 0 Å². The van der Waals surface area contributed by atoms with E-state index < -0.39 is 23.0 Å². The predicted octanol–water partition coefficient (Wildman–Crippen LogP) is 0.551. The van der Waals surface area contributed by atoms with E-state index in [2.05, 4.69) is 12.6 Å². The summed E-state index contributed by atoms with van der Waals surface area (Å²) in [6, 6.07) is 0. The molecule has 0 aliphatic carbocycles. The molecule has 0 aliphatic rings. The summed E-state index contributed by atoms with van der Waals surface area (Å²) >= 11 is 2.22. The van der Waals surface area contributed by atoms with E-state index in [0.29, 0.717) is 0 Å². The van der Waals surface area contributed by atoms with Crippen molar-refractivity contribution in [2.45, 2.75) is 6.42 Å². The Hall–Kier alpha value is 0.260. The number of carbonyl (C=O) groups excluding carboxylic acids is 1. The maximum Gasteiger partial charge on any atom is 0.235 e. The number of carbonyl (C=O) groups is 1. The van der Waals surface area contributed by atoms with Gasteiger partial charge in [0, 0.05) is 6.42 Å². The lowest BCUT2D eigenvalue weighted by Gasteiger charge is -2.06. The molecule has 60 valence electrons. The van der Waals surface area contributed by atoms with Gasteiger partial charge in [0.2, 0.25) is 5.12 Å². The number of thiol groups is 1. The molecule has 0 spiro atoms. The molecule has 0 saturated carbocycles. The van der Waals surface area contributed by atoms with Crippen LogP contribution in [-0.2, 0) is 16.0 Å². The Labute approximate surface area is 67.8 Å². The smallest absolute Gasteiger partial charge is 0.235 e. The first kappa shape index (κ1) is 10.3. The Balaban J connectivity index is 3.25. The van der Waals surface area contributed by atoms with Gasteiger partial charge in [-0.3, -0.25) is 9.18 Å². The summed E-state index contributed by atoms with van der Waals surface area (Å²) < 4.78 is 22.1. The molecule has 10 heavy (non-hydrogen) atoms. The van der Waals surface area contributed by atoms with Crippen molar-refractivity contribution in [1.29, 1.82) is 0 Å². The SMILES string of the molecule is O=C(S)C[S+]([O-])CCCF. The lowest BCUT2D eigenvalue weighted by Crippen LogP contribution is -2.15. The van der Waals surface area contributed by atoms with E-state index in [1.165, 1.54) is 0 Å². The van der Waals surface area contributed by atoms with E-state index in [4.69, 9.17) is 0 Å². The molecule has 0 radical (unpaired) electrons. The fraction of sp³-hybridized carbons (Fsp3) is 0.800. The van der Waals surface area contributed by atoms with Gasteiger partial charge >= 0.3 is 0 Å². The van der Waals surface area contributed by atoms with Crippen LogP contribution >= 0.6 is 12.6 Å². The normalized spacial score (nSPS) is 13.1. The Morgan fingerprint density at radius 2 is 2.30 bits per heavy atom. The maximum absolute atomic E-state index is 11.5. The highest BCUT2D eigenvalue weighted by molar-refractivity contribution is 8.01. The highest BCUT2D eigenvalue weighted by atomic mass is 32.2. The van der Waals surface area contributed by atoms with E-state index in [9.17, 15) is 13.7 Å². The molecule has 0 aromatic heterocycles. The van der Waals surface area contributed by atoms with Crippen LogP contribution in [-0.4, -0.2) is 27.8 Å². The molecule has 1 atom stereocenters. The van der Waals surface area contributed by atoms with Gasteiger partial charge in [-0.2, -0.15) is 0 Å². The third-order valence-electron chi connectivity index (χ3n) is 0.790. The second kappa shape index (κ2) is 6.00. The number of hydrogen-bond donors (Lipinski definition) is 1. The first-order valence-electron chi connectivity index (χ1n) is 2.79. The van der Waals surface area contributed by atoms with E-state index >= 15 is 0 Å². The van der Waals surface area contributed by atoms with Crippen LogP contribution in [0, 0.1) is 0 Å². The van der Waals surface area contributed by atoms with E-state index in [1.54, 1.807) is 0 Å². The van der Waals surface area contributed by atoms with Gasteiger partial charge in [0.25, 0.3) is 0 Å². The molecule has 1 unspecified atom stereocenters. The van der Waals surface area contributed by atoms with Crippen molar-refractivity contribution in [2.75, 3.05) is 18.2 Å². The average molecular weight is 184 g/mol. The lowest BCUT2D eigenvalue weighted by molar-refractivity contribution is -0.108. The highest BCUT2D eigenvalue weighted by Crippen LogP contribution is 1.96. The van der Waals surface area contributed by atoms with Crippen molar-refractivity contribution >= 4 is 28.9 Å². The van der Waals surface area contributed by atoms with Crippen LogP contribution in [0.15, 0.2) is 0 Å². The van der Waals surface area contributed by atoms with Gasteiger partial charge in [0.1, 0.15) is 5.75 Å². The van der Waals surface area contributed by atoms with Gasteiger partial charge < -0.3 is 4.55 Å².